The van der Waals surface area contributed by atoms with Gasteiger partial charge in [-0.15, -0.1) is 0 Å². The summed E-state index contributed by atoms with van der Waals surface area (Å²) in [4.78, 5) is 25.9. The average Bonchev–Trinajstić information content (AvgIpc) is 2.38. The van der Waals surface area contributed by atoms with Gasteiger partial charge in [0.2, 0.25) is 0 Å². The normalized spacial score (nSPS) is 10.1. The number of nitrogens with one attached hydrogen (secondary N) is 1. The van der Waals surface area contributed by atoms with E-state index in [-0.39, 0.29) is 11.6 Å². The minimum atomic E-state index is -1.10. The van der Waals surface area contributed by atoms with E-state index in [2.05, 4.69) is 17.2 Å². The maximum absolute atomic E-state index is 11.7. The third-order valence-electron chi connectivity index (χ3n) is 2.20. The van der Waals surface area contributed by atoms with Gasteiger partial charge in [-0.3, -0.25) is 4.79 Å². The van der Waals surface area contributed by atoms with Crippen molar-refractivity contribution in [3.63, 3.8) is 0 Å². The highest BCUT2D eigenvalue weighted by Crippen LogP contribution is 2.02. The van der Waals surface area contributed by atoms with Gasteiger partial charge in [0.25, 0.3) is 5.91 Å². The van der Waals surface area contributed by atoms with Crippen LogP contribution in [-0.2, 0) is 0 Å². The number of nitrogens with zero attached hydrogens (tertiary/aromatic N) is 1. The smallest absolute Gasteiger partial charge is 0.354 e. The van der Waals surface area contributed by atoms with Gasteiger partial charge in [-0.2, -0.15) is 11.8 Å². The van der Waals surface area contributed by atoms with Crippen molar-refractivity contribution >= 4 is 23.6 Å². The highest BCUT2D eigenvalue weighted by atomic mass is 32.2. The molecule has 6 heteroatoms. The highest BCUT2D eigenvalue weighted by Gasteiger charge is 2.08. The van der Waals surface area contributed by atoms with Gasteiger partial charge in [-0.25, -0.2) is 9.78 Å². The molecule has 1 heterocycles. The van der Waals surface area contributed by atoms with Crippen molar-refractivity contribution in [2.24, 2.45) is 0 Å². The molecule has 0 fully saturated rings. The third kappa shape index (κ3) is 4.75. The largest absolute Gasteiger partial charge is 0.477 e. The van der Waals surface area contributed by atoms with Crippen LogP contribution in [0.2, 0.25) is 0 Å². The molecule has 0 bridgehead atoms. The van der Waals surface area contributed by atoms with Crippen LogP contribution in [0, 0.1) is 0 Å². The van der Waals surface area contributed by atoms with Crippen molar-refractivity contribution in [1.29, 1.82) is 0 Å². The Balaban J connectivity index is 2.39. The number of thioether (sulfide) groups is 1. The lowest BCUT2D eigenvalue weighted by molar-refractivity contribution is 0.0689. The lowest BCUT2D eigenvalue weighted by atomic mass is 10.2. The van der Waals surface area contributed by atoms with Crippen LogP contribution in [0.25, 0.3) is 0 Å². The number of aromatic carboxylic acids is 1. The Hall–Kier alpha value is -1.56. The van der Waals surface area contributed by atoms with E-state index in [0.717, 1.165) is 17.9 Å². The Kier molecular flexibility index (Phi) is 6.21. The summed E-state index contributed by atoms with van der Waals surface area (Å²) >= 11 is 1.83. The van der Waals surface area contributed by atoms with Gasteiger partial charge in [0.1, 0.15) is 5.69 Å². The molecule has 98 valence electrons. The Morgan fingerprint density at radius 2 is 2.22 bits per heavy atom. The molecule has 5 nitrogen and oxygen atoms in total. The number of hydrogen-bond donors (Lipinski definition) is 2. The standard InChI is InChI=1S/C12H16N2O3S/c1-2-18-7-3-6-13-11(15)9-4-5-10(12(16)17)14-8-9/h4-5,8H,2-3,6-7H2,1H3,(H,13,15)(H,16,17). The fraction of sp³-hybridized carbons (Fsp3) is 0.417. The number of carbonyl (C=O) groups excluding carboxylic acids is 1. The van der Waals surface area contributed by atoms with Crippen LogP contribution in [0.5, 0.6) is 0 Å². The van der Waals surface area contributed by atoms with Gasteiger partial charge in [0.05, 0.1) is 5.56 Å². The molecule has 2 N–H and O–H groups in total. The van der Waals surface area contributed by atoms with E-state index in [1.807, 2.05) is 11.8 Å². The lowest BCUT2D eigenvalue weighted by Crippen LogP contribution is -2.25. The van der Waals surface area contributed by atoms with E-state index in [0.29, 0.717) is 12.1 Å². The molecular weight excluding hydrogens is 252 g/mol. The van der Waals surface area contributed by atoms with Crippen LogP contribution in [0.4, 0.5) is 0 Å². The lowest BCUT2D eigenvalue weighted by Gasteiger charge is -2.04. The summed E-state index contributed by atoms with van der Waals surface area (Å²) in [5.74, 6) is 0.779. The van der Waals surface area contributed by atoms with E-state index in [9.17, 15) is 9.59 Å². The molecule has 1 rings (SSSR count). The van der Waals surface area contributed by atoms with Crippen molar-refractivity contribution in [1.82, 2.24) is 10.3 Å². The van der Waals surface area contributed by atoms with E-state index >= 15 is 0 Å². The third-order valence-corrected chi connectivity index (χ3v) is 3.19. The van der Waals surface area contributed by atoms with Gasteiger partial charge in [0.15, 0.2) is 0 Å². The van der Waals surface area contributed by atoms with Crippen LogP contribution in [0.1, 0.15) is 34.2 Å². The Bertz CT molecular complexity index is 406. The van der Waals surface area contributed by atoms with E-state index in [1.165, 1.54) is 18.3 Å². The molecule has 1 aromatic rings. The molecule has 0 aliphatic rings. The number of rotatable bonds is 7. The summed E-state index contributed by atoms with van der Waals surface area (Å²) in [6.45, 7) is 2.71. The van der Waals surface area contributed by atoms with Gasteiger partial charge < -0.3 is 10.4 Å². The number of aromatic nitrogens is 1. The van der Waals surface area contributed by atoms with Crippen molar-refractivity contribution in [3.05, 3.63) is 29.6 Å². The van der Waals surface area contributed by atoms with Crippen LogP contribution >= 0.6 is 11.8 Å². The number of carbonyl (C=O) groups is 2. The minimum absolute atomic E-state index is 0.0640. The Labute approximate surface area is 110 Å². The quantitative estimate of drug-likeness (QED) is 0.735. The number of pyridine rings is 1. The molecule has 0 atom stereocenters. The van der Waals surface area contributed by atoms with Crippen molar-refractivity contribution < 1.29 is 14.7 Å². The molecule has 0 radical (unpaired) electrons. The summed E-state index contributed by atoms with van der Waals surface area (Å²) in [6.07, 6.45) is 2.20. The first-order chi connectivity index (χ1) is 8.65. The van der Waals surface area contributed by atoms with Crippen LogP contribution in [-0.4, -0.2) is 40.0 Å². The predicted octanol–water partition coefficient (Wildman–Crippen LogP) is 1.65. The number of hydrogen-bond acceptors (Lipinski definition) is 4. The monoisotopic (exact) mass is 268 g/mol. The van der Waals surface area contributed by atoms with Crippen molar-refractivity contribution in [2.75, 3.05) is 18.1 Å². The molecule has 18 heavy (non-hydrogen) atoms. The van der Waals surface area contributed by atoms with Crippen LogP contribution in [0.15, 0.2) is 18.3 Å². The summed E-state index contributed by atoms with van der Waals surface area (Å²) < 4.78 is 0. The maximum atomic E-state index is 11.7. The fourth-order valence-corrected chi connectivity index (χ4v) is 1.91. The second-order valence-corrected chi connectivity index (χ2v) is 4.94. The summed E-state index contributed by atoms with van der Waals surface area (Å²) in [5, 5.41) is 11.4. The molecular formula is C12H16N2O3S. The first kappa shape index (κ1) is 14.5. The average molecular weight is 268 g/mol. The molecule has 1 amide bonds. The summed E-state index contributed by atoms with van der Waals surface area (Å²) in [5.41, 5.74) is 0.314. The van der Waals surface area contributed by atoms with Gasteiger partial charge in [0, 0.05) is 12.7 Å². The molecule has 0 saturated carbocycles. The zero-order valence-electron chi connectivity index (χ0n) is 10.2. The SMILES string of the molecule is CCSCCCNC(=O)c1ccc(C(=O)O)nc1. The van der Waals surface area contributed by atoms with E-state index < -0.39 is 5.97 Å². The zero-order chi connectivity index (χ0) is 13.4. The van der Waals surface area contributed by atoms with Gasteiger partial charge in [-0.1, -0.05) is 6.92 Å². The fourth-order valence-electron chi connectivity index (χ4n) is 1.28. The van der Waals surface area contributed by atoms with Crippen LogP contribution < -0.4 is 5.32 Å². The molecule has 0 aliphatic carbocycles. The molecule has 0 aromatic carbocycles. The number of carboxylic acid groups (broad SMARTS) is 1. The molecule has 1 aromatic heterocycles. The molecule has 0 unspecified atom stereocenters. The first-order valence-electron chi connectivity index (χ1n) is 5.70. The molecule has 0 spiro atoms. The summed E-state index contributed by atoms with van der Waals surface area (Å²) in [7, 11) is 0. The predicted molar refractivity (Wildman–Crippen MR) is 71.1 cm³/mol. The van der Waals surface area contributed by atoms with Gasteiger partial charge in [-0.05, 0) is 30.1 Å². The topological polar surface area (TPSA) is 79.3 Å². The van der Waals surface area contributed by atoms with Crippen LogP contribution in [0.3, 0.4) is 0 Å². The van der Waals surface area contributed by atoms with E-state index in [1.54, 1.807) is 0 Å². The second-order valence-electron chi connectivity index (χ2n) is 3.54. The number of amides is 1. The van der Waals surface area contributed by atoms with Gasteiger partial charge >= 0.3 is 5.97 Å². The molecule has 0 aliphatic heterocycles. The Morgan fingerprint density at radius 3 is 2.78 bits per heavy atom. The number of carboxylic acids is 1. The molecule has 0 saturated heterocycles. The highest BCUT2D eigenvalue weighted by molar-refractivity contribution is 7.99. The maximum Gasteiger partial charge on any atom is 0.354 e. The van der Waals surface area contributed by atoms with Crippen molar-refractivity contribution in [2.45, 2.75) is 13.3 Å². The zero-order valence-corrected chi connectivity index (χ0v) is 11.0. The first-order valence-corrected chi connectivity index (χ1v) is 6.86. The second kappa shape index (κ2) is 7.71. The van der Waals surface area contributed by atoms with E-state index in [4.69, 9.17) is 5.11 Å². The van der Waals surface area contributed by atoms with Crippen molar-refractivity contribution in [3.8, 4) is 0 Å². The Morgan fingerprint density at radius 1 is 1.44 bits per heavy atom. The summed E-state index contributed by atoms with van der Waals surface area (Å²) in [6, 6.07) is 2.79. The minimum Gasteiger partial charge on any atom is -0.477 e.